The molecule has 0 aliphatic heterocycles. The molecule has 0 fully saturated rings. The summed E-state index contributed by atoms with van der Waals surface area (Å²) in [5.41, 5.74) is 0.993. The molecule has 1 atom stereocenters. The highest BCUT2D eigenvalue weighted by Crippen LogP contribution is 2.18. The number of ether oxygens (including phenoxy) is 2. The van der Waals surface area contributed by atoms with E-state index in [4.69, 9.17) is 9.47 Å². The van der Waals surface area contributed by atoms with Crippen LogP contribution in [0.25, 0.3) is 0 Å². The third kappa shape index (κ3) is 5.41. The highest BCUT2D eigenvalue weighted by Gasteiger charge is 2.22. The van der Waals surface area contributed by atoms with Crippen LogP contribution in [0.3, 0.4) is 0 Å². The lowest BCUT2D eigenvalue weighted by molar-refractivity contribution is -0.142. The average Bonchev–Trinajstić information content (AvgIpc) is 2.45. The van der Waals surface area contributed by atoms with Gasteiger partial charge in [0.05, 0.1) is 13.0 Å². The van der Waals surface area contributed by atoms with E-state index in [0.29, 0.717) is 6.54 Å². The molecule has 1 aromatic rings. The van der Waals surface area contributed by atoms with Gasteiger partial charge in [-0.15, -0.1) is 0 Å². The Labute approximate surface area is 115 Å². The Hall–Kier alpha value is -1.39. The van der Waals surface area contributed by atoms with Gasteiger partial charge in [-0.2, -0.15) is 0 Å². The second-order valence-corrected chi connectivity index (χ2v) is 4.60. The molecule has 4 nitrogen and oxygen atoms in total. The molecular formula is C15H23NO3. The van der Waals surface area contributed by atoms with Gasteiger partial charge in [-0.25, -0.2) is 0 Å². The Bertz CT molecular complexity index is 367. The van der Waals surface area contributed by atoms with E-state index in [1.54, 1.807) is 7.11 Å². The van der Waals surface area contributed by atoms with Crippen LogP contribution in [-0.2, 0) is 14.3 Å². The van der Waals surface area contributed by atoms with Gasteiger partial charge in [0.2, 0.25) is 0 Å². The predicted octanol–water partition coefficient (Wildman–Crippen LogP) is 1.91. The first-order valence-electron chi connectivity index (χ1n) is 6.49. The van der Waals surface area contributed by atoms with Gasteiger partial charge in [-0.1, -0.05) is 30.3 Å². The summed E-state index contributed by atoms with van der Waals surface area (Å²) >= 11 is 0. The summed E-state index contributed by atoms with van der Waals surface area (Å²) in [4.78, 5) is 14.0. The van der Waals surface area contributed by atoms with Gasteiger partial charge in [-0.05, 0) is 19.0 Å². The molecule has 0 aliphatic carbocycles. The number of likely N-dealkylation sites (N-methyl/N-ethyl adjacent to an activating group) is 1. The Morgan fingerprint density at radius 3 is 2.53 bits per heavy atom. The van der Waals surface area contributed by atoms with Crippen LogP contribution < -0.4 is 0 Å². The number of carbonyl (C=O) groups is 1. The van der Waals surface area contributed by atoms with Crippen molar-refractivity contribution in [3.63, 3.8) is 0 Å². The second-order valence-electron chi connectivity index (χ2n) is 4.60. The van der Waals surface area contributed by atoms with E-state index in [2.05, 4.69) is 4.90 Å². The van der Waals surface area contributed by atoms with Crippen molar-refractivity contribution in [2.45, 2.75) is 12.3 Å². The molecule has 0 saturated heterocycles. The van der Waals surface area contributed by atoms with Crippen LogP contribution in [0.4, 0.5) is 0 Å². The van der Waals surface area contributed by atoms with E-state index >= 15 is 0 Å². The van der Waals surface area contributed by atoms with Crippen LogP contribution in [0.5, 0.6) is 0 Å². The van der Waals surface area contributed by atoms with Crippen LogP contribution in [-0.4, -0.2) is 51.8 Å². The van der Waals surface area contributed by atoms with Crippen LogP contribution >= 0.6 is 0 Å². The quantitative estimate of drug-likeness (QED) is 0.531. The molecule has 4 heteroatoms. The van der Waals surface area contributed by atoms with Crippen molar-refractivity contribution in [2.75, 3.05) is 41.0 Å². The van der Waals surface area contributed by atoms with Crippen LogP contribution in [0, 0.1) is 0 Å². The van der Waals surface area contributed by atoms with Gasteiger partial charge < -0.3 is 14.4 Å². The molecule has 0 aromatic heterocycles. The largest absolute Gasteiger partial charge is 0.469 e. The van der Waals surface area contributed by atoms with E-state index in [0.717, 1.165) is 25.1 Å². The van der Waals surface area contributed by atoms with Crippen LogP contribution in [0.2, 0.25) is 0 Å². The third-order valence-corrected chi connectivity index (χ3v) is 3.07. The van der Waals surface area contributed by atoms with Crippen molar-refractivity contribution in [3.05, 3.63) is 35.9 Å². The molecule has 0 N–H and O–H groups in total. The maximum atomic E-state index is 11.9. The minimum atomic E-state index is -0.237. The molecule has 1 rings (SSSR count). The molecular weight excluding hydrogens is 242 g/mol. The van der Waals surface area contributed by atoms with Crippen LogP contribution in [0.15, 0.2) is 30.3 Å². The molecule has 1 unspecified atom stereocenters. The standard InChI is InChI=1S/C15H23NO3/c1-16(10-7-11-18-2)12-14(15(17)19-3)13-8-5-4-6-9-13/h4-6,8-9,14H,7,10-12H2,1-3H3. The summed E-state index contributed by atoms with van der Waals surface area (Å²) in [7, 11) is 5.14. The Morgan fingerprint density at radius 2 is 1.95 bits per heavy atom. The summed E-state index contributed by atoms with van der Waals surface area (Å²) in [5, 5.41) is 0. The minimum Gasteiger partial charge on any atom is -0.469 e. The summed E-state index contributed by atoms with van der Waals surface area (Å²) in [6.07, 6.45) is 0.954. The van der Waals surface area contributed by atoms with Crippen molar-refractivity contribution >= 4 is 5.97 Å². The molecule has 19 heavy (non-hydrogen) atoms. The molecule has 0 bridgehead atoms. The van der Waals surface area contributed by atoms with E-state index in [1.165, 1.54) is 7.11 Å². The number of methoxy groups -OCH3 is 2. The first-order valence-corrected chi connectivity index (χ1v) is 6.49. The van der Waals surface area contributed by atoms with Gasteiger partial charge in [0.1, 0.15) is 0 Å². The predicted molar refractivity (Wildman–Crippen MR) is 75.2 cm³/mol. The van der Waals surface area contributed by atoms with Gasteiger partial charge in [-0.3, -0.25) is 4.79 Å². The molecule has 0 saturated carbocycles. The van der Waals surface area contributed by atoms with Crippen molar-refractivity contribution in [1.29, 1.82) is 0 Å². The average molecular weight is 265 g/mol. The number of rotatable bonds is 8. The fourth-order valence-corrected chi connectivity index (χ4v) is 2.03. The van der Waals surface area contributed by atoms with Crippen molar-refractivity contribution in [1.82, 2.24) is 4.90 Å². The summed E-state index contributed by atoms with van der Waals surface area (Å²) in [6.45, 7) is 2.28. The topological polar surface area (TPSA) is 38.8 Å². The summed E-state index contributed by atoms with van der Waals surface area (Å²) in [6, 6.07) is 9.75. The highest BCUT2D eigenvalue weighted by atomic mass is 16.5. The minimum absolute atomic E-state index is 0.190. The van der Waals surface area contributed by atoms with E-state index in [-0.39, 0.29) is 11.9 Å². The van der Waals surface area contributed by atoms with E-state index in [1.807, 2.05) is 37.4 Å². The number of hydrogen-bond acceptors (Lipinski definition) is 4. The normalized spacial score (nSPS) is 12.4. The number of carbonyl (C=O) groups excluding carboxylic acids is 1. The monoisotopic (exact) mass is 265 g/mol. The Kier molecular flexibility index (Phi) is 7.15. The van der Waals surface area contributed by atoms with Gasteiger partial charge in [0.25, 0.3) is 0 Å². The lowest BCUT2D eigenvalue weighted by Gasteiger charge is -2.22. The zero-order valence-corrected chi connectivity index (χ0v) is 12.0. The lowest BCUT2D eigenvalue weighted by atomic mass is 9.99. The first-order chi connectivity index (χ1) is 9.19. The van der Waals surface area contributed by atoms with E-state index < -0.39 is 0 Å². The van der Waals surface area contributed by atoms with Gasteiger partial charge >= 0.3 is 5.97 Å². The number of esters is 1. The molecule has 0 aliphatic rings. The molecule has 0 spiro atoms. The molecule has 0 heterocycles. The fraction of sp³-hybridized carbons (Fsp3) is 0.533. The number of hydrogen-bond donors (Lipinski definition) is 0. The molecule has 106 valence electrons. The van der Waals surface area contributed by atoms with E-state index in [9.17, 15) is 4.79 Å². The summed E-state index contributed by atoms with van der Waals surface area (Å²) < 4.78 is 9.94. The first kappa shape index (κ1) is 15.7. The zero-order chi connectivity index (χ0) is 14.1. The van der Waals surface area contributed by atoms with Gasteiger partial charge in [0.15, 0.2) is 0 Å². The fourth-order valence-electron chi connectivity index (χ4n) is 2.03. The lowest BCUT2D eigenvalue weighted by Crippen LogP contribution is -2.30. The van der Waals surface area contributed by atoms with Crippen LogP contribution in [0.1, 0.15) is 17.9 Å². The highest BCUT2D eigenvalue weighted by molar-refractivity contribution is 5.78. The third-order valence-electron chi connectivity index (χ3n) is 3.07. The number of benzene rings is 1. The maximum Gasteiger partial charge on any atom is 0.314 e. The SMILES string of the molecule is COCCCN(C)CC(C(=O)OC)c1ccccc1. The Balaban J connectivity index is 2.63. The van der Waals surface area contributed by atoms with Crippen molar-refractivity contribution in [2.24, 2.45) is 0 Å². The number of nitrogens with zero attached hydrogens (tertiary/aromatic N) is 1. The molecule has 1 aromatic carbocycles. The van der Waals surface area contributed by atoms with Crippen molar-refractivity contribution < 1.29 is 14.3 Å². The van der Waals surface area contributed by atoms with Gasteiger partial charge in [0, 0.05) is 26.8 Å². The second kappa shape index (κ2) is 8.67. The van der Waals surface area contributed by atoms with Crippen molar-refractivity contribution in [3.8, 4) is 0 Å². The molecule has 0 radical (unpaired) electrons. The zero-order valence-electron chi connectivity index (χ0n) is 12.0. The smallest absolute Gasteiger partial charge is 0.314 e. The molecule has 0 amide bonds. The Morgan fingerprint density at radius 1 is 1.26 bits per heavy atom. The maximum absolute atomic E-state index is 11.9. The summed E-state index contributed by atoms with van der Waals surface area (Å²) in [5.74, 6) is -0.427.